The van der Waals surface area contributed by atoms with Crippen molar-refractivity contribution in [3.8, 4) is 0 Å². The lowest BCUT2D eigenvalue weighted by Crippen LogP contribution is -2.40. The van der Waals surface area contributed by atoms with Crippen LogP contribution in [-0.4, -0.2) is 14.5 Å². The lowest BCUT2D eigenvalue weighted by Gasteiger charge is -2.35. The summed E-state index contributed by atoms with van der Waals surface area (Å²) in [6.07, 6.45) is 3.74. The Balaban J connectivity index is 2.27. The largest absolute Gasteiger partial charge is 0.399 e. The van der Waals surface area contributed by atoms with Crippen LogP contribution in [0.2, 0.25) is 10.0 Å². The molecule has 0 radical (unpaired) electrons. The third kappa shape index (κ3) is 4.03. The number of anilines is 1. The van der Waals surface area contributed by atoms with Crippen molar-refractivity contribution in [1.82, 2.24) is 4.72 Å². The molecule has 0 aliphatic heterocycles. The molecule has 2 rings (SSSR count). The summed E-state index contributed by atoms with van der Waals surface area (Å²) in [6, 6.07) is 2.70. The molecule has 0 saturated heterocycles. The molecule has 0 heterocycles. The summed E-state index contributed by atoms with van der Waals surface area (Å²) in [6.45, 7) is 4.30. The second-order valence-electron chi connectivity index (χ2n) is 6.39. The number of hydrogen-bond donors (Lipinski definition) is 2. The van der Waals surface area contributed by atoms with Crippen LogP contribution in [0.15, 0.2) is 17.0 Å². The molecule has 1 fully saturated rings. The normalized spacial score (nSPS) is 22.2. The number of halogens is 2. The van der Waals surface area contributed by atoms with Crippen LogP contribution in [0, 0.1) is 5.41 Å². The molecule has 118 valence electrons. The van der Waals surface area contributed by atoms with Crippen molar-refractivity contribution >= 4 is 38.9 Å². The Kier molecular flexibility index (Phi) is 4.78. The molecule has 0 bridgehead atoms. The maximum atomic E-state index is 12.5. The van der Waals surface area contributed by atoms with Gasteiger partial charge in [0.15, 0.2) is 0 Å². The predicted molar refractivity (Wildman–Crippen MR) is 87.2 cm³/mol. The van der Waals surface area contributed by atoms with Crippen molar-refractivity contribution in [2.24, 2.45) is 5.41 Å². The lowest BCUT2D eigenvalue weighted by molar-refractivity contribution is 0.212. The monoisotopic (exact) mass is 350 g/mol. The average Bonchev–Trinajstić information content (AvgIpc) is 2.23. The van der Waals surface area contributed by atoms with Crippen molar-refractivity contribution in [2.75, 3.05) is 5.73 Å². The maximum absolute atomic E-state index is 12.5. The summed E-state index contributed by atoms with van der Waals surface area (Å²) < 4.78 is 27.8. The Morgan fingerprint density at radius 1 is 1.29 bits per heavy atom. The summed E-state index contributed by atoms with van der Waals surface area (Å²) in [4.78, 5) is -0.0941. The maximum Gasteiger partial charge on any atom is 0.243 e. The predicted octanol–water partition coefficient (Wildman–Crippen LogP) is 3.82. The van der Waals surface area contributed by atoms with Crippen LogP contribution < -0.4 is 10.5 Å². The van der Waals surface area contributed by atoms with Crippen LogP contribution in [-0.2, 0) is 10.0 Å². The average molecular weight is 351 g/mol. The number of nitrogens with one attached hydrogen (secondary N) is 1. The van der Waals surface area contributed by atoms with E-state index in [0.717, 1.165) is 25.7 Å². The second-order valence-corrected chi connectivity index (χ2v) is 8.86. The molecule has 1 atom stereocenters. The van der Waals surface area contributed by atoms with E-state index in [4.69, 9.17) is 28.9 Å². The highest BCUT2D eigenvalue weighted by molar-refractivity contribution is 7.89. The third-order valence-corrected chi connectivity index (χ3v) is 6.26. The van der Waals surface area contributed by atoms with Gasteiger partial charge in [0.05, 0.1) is 10.0 Å². The summed E-state index contributed by atoms with van der Waals surface area (Å²) in [5.41, 5.74) is 6.08. The van der Waals surface area contributed by atoms with Gasteiger partial charge in [-0.05, 0) is 36.8 Å². The number of benzene rings is 1. The molecule has 1 unspecified atom stereocenters. The molecule has 3 N–H and O–H groups in total. The van der Waals surface area contributed by atoms with Gasteiger partial charge >= 0.3 is 0 Å². The molecule has 0 aromatic heterocycles. The minimum atomic E-state index is -3.76. The summed E-state index contributed by atoms with van der Waals surface area (Å²) >= 11 is 12.0. The summed E-state index contributed by atoms with van der Waals surface area (Å²) in [7, 11) is -3.76. The van der Waals surface area contributed by atoms with E-state index in [1.807, 2.05) is 0 Å². The number of nitrogen functional groups attached to an aromatic ring is 1. The molecule has 1 aromatic carbocycles. The van der Waals surface area contributed by atoms with E-state index in [1.54, 1.807) is 0 Å². The molecule has 21 heavy (non-hydrogen) atoms. The van der Waals surface area contributed by atoms with Crippen LogP contribution in [0.25, 0.3) is 0 Å². The molecule has 1 aliphatic rings. The number of sulfonamides is 1. The van der Waals surface area contributed by atoms with Crippen LogP contribution in [0.3, 0.4) is 0 Å². The lowest BCUT2D eigenvalue weighted by atomic mass is 9.75. The van der Waals surface area contributed by atoms with Gasteiger partial charge in [0.2, 0.25) is 10.0 Å². The third-order valence-electron chi connectivity index (χ3n) is 3.82. The van der Waals surface area contributed by atoms with Crippen LogP contribution in [0.1, 0.15) is 39.5 Å². The quantitative estimate of drug-likeness (QED) is 0.813. The molecule has 4 nitrogen and oxygen atoms in total. The van der Waals surface area contributed by atoms with Gasteiger partial charge in [0.1, 0.15) is 4.90 Å². The standard InChI is InChI=1S/C14H20Cl2N2O2S/c1-14(2)5-3-4-10(8-14)18-21(19,20)13-11(15)6-9(17)7-12(13)16/h6-7,10,18H,3-5,8,17H2,1-2H3. The highest BCUT2D eigenvalue weighted by Crippen LogP contribution is 2.37. The highest BCUT2D eigenvalue weighted by atomic mass is 35.5. The SMILES string of the molecule is CC1(C)CCCC(NS(=O)(=O)c2c(Cl)cc(N)cc2Cl)C1. The fraction of sp³-hybridized carbons (Fsp3) is 0.571. The number of hydrogen-bond acceptors (Lipinski definition) is 3. The van der Waals surface area contributed by atoms with Gasteiger partial charge in [0.25, 0.3) is 0 Å². The van der Waals surface area contributed by atoms with E-state index < -0.39 is 10.0 Å². The van der Waals surface area contributed by atoms with Gasteiger partial charge in [-0.2, -0.15) is 0 Å². The smallest absolute Gasteiger partial charge is 0.243 e. The molecular weight excluding hydrogens is 331 g/mol. The molecule has 1 saturated carbocycles. The van der Waals surface area contributed by atoms with Crippen molar-refractivity contribution in [2.45, 2.75) is 50.5 Å². The zero-order chi connectivity index (χ0) is 15.8. The Labute approximate surface area is 136 Å². The van der Waals surface area contributed by atoms with Crippen LogP contribution in [0.5, 0.6) is 0 Å². The van der Waals surface area contributed by atoms with E-state index in [2.05, 4.69) is 18.6 Å². The van der Waals surface area contributed by atoms with Crippen LogP contribution in [0.4, 0.5) is 5.69 Å². The minimum Gasteiger partial charge on any atom is -0.399 e. The van der Waals surface area contributed by atoms with Gasteiger partial charge in [-0.15, -0.1) is 0 Å². The number of rotatable bonds is 3. The van der Waals surface area contributed by atoms with Gasteiger partial charge in [0, 0.05) is 11.7 Å². The Hall–Kier alpha value is -0.490. The highest BCUT2D eigenvalue weighted by Gasteiger charge is 2.32. The first-order valence-corrected chi connectivity index (χ1v) is 9.11. The summed E-state index contributed by atoms with van der Waals surface area (Å²) in [5, 5.41) is 0.0881. The molecule has 0 spiro atoms. The molecule has 7 heteroatoms. The Morgan fingerprint density at radius 3 is 2.38 bits per heavy atom. The number of nitrogens with two attached hydrogens (primary N) is 1. The van der Waals surface area contributed by atoms with Crippen molar-refractivity contribution < 1.29 is 8.42 Å². The van der Waals surface area contributed by atoms with Gasteiger partial charge < -0.3 is 5.73 Å². The first-order valence-electron chi connectivity index (χ1n) is 6.88. The van der Waals surface area contributed by atoms with Crippen molar-refractivity contribution in [1.29, 1.82) is 0 Å². The molecular formula is C14H20Cl2N2O2S. The first-order chi connectivity index (χ1) is 9.61. The van der Waals surface area contributed by atoms with E-state index in [1.165, 1.54) is 12.1 Å². The second kappa shape index (κ2) is 5.95. The van der Waals surface area contributed by atoms with Gasteiger partial charge in [-0.3, -0.25) is 0 Å². The van der Waals surface area contributed by atoms with Crippen LogP contribution >= 0.6 is 23.2 Å². The van der Waals surface area contributed by atoms with E-state index in [-0.39, 0.29) is 26.4 Å². The fourth-order valence-electron chi connectivity index (χ4n) is 2.91. The first kappa shape index (κ1) is 16.9. The molecule has 1 aliphatic carbocycles. The zero-order valence-electron chi connectivity index (χ0n) is 12.1. The molecule has 0 amide bonds. The Bertz CT molecular complexity index is 621. The van der Waals surface area contributed by atoms with Gasteiger partial charge in [-0.1, -0.05) is 43.5 Å². The summed E-state index contributed by atoms with van der Waals surface area (Å²) in [5.74, 6) is 0. The fourth-order valence-corrected chi connectivity index (χ4v) is 5.42. The Morgan fingerprint density at radius 2 is 1.86 bits per heavy atom. The van der Waals surface area contributed by atoms with Crippen molar-refractivity contribution in [3.05, 3.63) is 22.2 Å². The minimum absolute atomic E-state index is 0.0440. The zero-order valence-corrected chi connectivity index (χ0v) is 14.4. The molecule has 1 aromatic rings. The van der Waals surface area contributed by atoms with Crippen molar-refractivity contribution in [3.63, 3.8) is 0 Å². The topological polar surface area (TPSA) is 72.2 Å². The van der Waals surface area contributed by atoms with E-state index >= 15 is 0 Å². The van der Waals surface area contributed by atoms with E-state index in [0.29, 0.717) is 5.69 Å². The van der Waals surface area contributed by atoms with E-state index in [9.17, 15) is 8.42 Å². The van der Waals surface area contributed by atoms with Gasteiger partial charge in [-0.25, -0.2) is 13.1 Å².